The predicted molar refractivity (Wildman–Crippen MR) is 56.1 cm³/mol. The molecule has 1 atom stereocenters. The standard InChI is InChI=1S/C9H10F3NO3.ClH/c10-9(11,12)16-7-3-1-2-5(8(7)15)6(13)4-14;/h1-3,6,14-15H,4,13H2;1H/t6-;/m0./s1. The van der Waals surface area contributed by atoms with Crippen molar-refractivity contribution >= 4 is 12.4 Å². The van der Waals surface area contributed by atoms with Crippen LogP contribution < -0.4 is 10.5 Å². The zero-order valence-electron chi connectivity index (χ0n) is 8.44. The van der Waals surface area contributed by atoms with Gasteiger partial charge in [-0.1, -0.05) is 12.1 Å². The number of phenolic OH excluding ortho intramolecular Hbond substituents is 1. The van der Waals surface area contributed by atoms with Crippen molar-refractivity contribution in [3.05, 3.63) is 23.8 Å². The van der Waals surface area contributed by atoms with Crippen LogP contribution in [0, 0.1) is 0 Å². The highest BCUT2D eigenvalue weighted by Gasteiger charge is 2.32. The molecule has 0 fully saturated rings. The third-order valence-electron chi connectivity index (χ3n) is 1.85. The van der Waals surface area contributed by atoms with Crippen molar-refractivity contribution in [3.63, 3.8) is 0 Å². The number of alkyl halides is 3. The van der Waals surface area contributed by atoms with Crippen LogP contribution in [-0.4, -0.2) is 23.2 Å². The van der Waals surface area contributed by atoms with Gasteiger partial charge >= 0.3 is 6.36 Å². The Hall–Kier alpha value is -1.18. The summed E-state index contributed by atoms with van der Waals surface area (Å²) in [5, 5.41) is 18.2. The summed E-state index contributed by atoms with van der Waals surface area (Å²) < 4.78 is 39.3. The minimum absolute atomic E-state index is 0. The van der Waals surface area contributed by atoms with Crippen molar-refractivity contribution < 1.29 is 28.1 Å². The first kappa shape index (κ1) is 15.8. The number of hydrogen-bond acceptors (Lipinski definition) is 4. The summed E-state index contributed by atoms with van der Waals surface area (Å²) in [6.45, 7) is -0.497. The number of aromatic hydroxyl groups is 1. The molecular weight excluding hydrogens is 263 g/mol. The minimum atomic E-state index is -4.89. The lowest BCUT2D eigenvalue weighted by molar-refractivity contribution is -0.275. The summed E-state index contributed by atoms with van der Waals surface area (Å²) in [4.78, 5) is 0. The van der Waals surface area contributed by atoms with Gasteiger partial charge in [-0.05, 0) is 6.07 Å². The van der Waals surface area contributed by atoms with E-state index in [0.717, 1.165) is 6.07 Å². The number of benzene rings is 1. The largest absolute Gasteiger partial charge is 0.573 e. The van der Waals surface area contributed by atoms with E-state index in [1.165, 1.54) is 12.1 Å². The van der Waals surface area contributed by atoms with E-state index < -0.39 is 30.5 Å². The van der Waals surface area contributed by atoms with Gasteiger partial charge in [-0.25, -0.2) is 0 Å². The Bertz CT molecular complexity index is 373. The van der Waals surface area contributed by atoms with E-state index in [-0.39, 0.29) is 18.0 Å². The number of halogens is 4. The SMILES string of the molecule is Cl.N[C@@H](CO)c1cccc(OC(F)(F)F)c1O. The molecule has 0 spiro atoms. The van der Waals surface area contributed by atoms with Gasteiger partial charge in [0.25, 0.3) is 0 Å². The summed E-state index contributed by atoms with van der Waals surface area (Å²) in [7, 11) is 0. The smallest absolute Gasteiger partial charge is 0.504 e. The Morgan fingerprint density at radius 2 is 1.94 bits per heavy atom. The second-order valence-corrected chi connectivity index (χ2v) is 3.03. The van der Waals surface area contributed by atoms with Gasteiger partial charge in [-0.2, -0.15) is 0 Å². The number of rotatable bonds is 3. The number of phenols is 1. The first-order chi connectivity index (χ1) is 7.35. The number of nitrogens with two attached hydrogens (primary N) is 1. The van der Waals surface area contributed by atoms with Crippen molar-refractivity contribution in [2.75, 3.05) is 6.61 Å². The van der Waals surface area contributed by atoms with Crippen molar-refractivity contribution in [2.24, 2.45) is 5.73 Å². The normalized spacial score (nSPS) is 12.8. The van der Waals surface area contributed by atoms with Crippen LogP contribution in [0.25, 0.3) is 0 Å². The topological polar surface area (TPSA) is 75.7 Å². The molecule has 0 aliphatic heterocycles. The Morgan fingerprint density at radius 3 is 2.41 bits per heavy atom. The average molecular weight is 274 g/mol. The van der Waals surface area contributed by atoms with E-state index in [9.17, 15) is 18.3 Å². The molecule has 17 heavy (non-hydrogen) atoms. The number of ether oxygens (including phenoxy) is 1. The number of aliphatic hydroxyl groups is 1. The van der Waals surface area contributed by atoms with Crippen LogP contribution in [0.1, 0.15) is 11.6 Å². The Morgan fingerprint density at radius 1 is 1.35 bits per heavy atom. The maximum atomic E-state index is 11.9. The predicted octanol–water partition coefficient (Wildman–Crippen LogP) is 1.70. The molecule has 8 heteroatoms. The lowest BCUT2D eigenvalue weighted by Crippen LogP contribution is -2.19. The van der Waals surface area contributed by atoms with Crippen LogP contribution in [0.5, 0.6) is 11.5 Å². The van der Waals surface area contributed by atoms with Crippen LogP contribution in [0.2, 0.25) is 0 Å². The first-order valence-corrected chi connectivity index (χ1v) is 4.29. The molecule has 0 unspecified atom stereocenters. The van der Waals surface area contributed by atoms with E-state index in [2.05, 4.69) is 4.74 Å². The minimum Gasteiger partial charge on any atom is -0.504 e. The lowest BCUT2D eigenvalue weighted by atomic mass is 10.1. The maximum Gasteiger partial charge on any atom is 0.573 e. The fraction of sp³-hybridized carbons (Fsp3) is 0.333. The highest BCUT2D eigenvalue weighted by molar-refractivity contribution is 5.85. The first-order valence-electron chi connectivity index (χ1n) is 4.29. The zero-order valence-corrected chi connectivity index (χ0v) is 9.26. The number of para-hydroxylation sites is 1. The van der Waals surface area contributed by atoms with E-state index in [1.807, 2.05) is 0 Å². The highest BCUT2D eigenvalue weighted by atomic mass is 35.5. The summed E-state index contributed by atoms with van der Waals surface area (Å²) in [5.74, 6) is -1.46. The molecule has 0 amide bonds. The molecule has 0 aliphatic carbocycles. The maximum absolute atomic E-state index is 11.9. The van der Waals surface area contributed by atoms with Crippen LogP contribution >= 0.6 is 12.4 Å². The molecule has 0 radical (unpaired) electrons. The molecule has 0 saturated carbocycles. The quantitative estimate of drug-likeness (QED) is 0.784. The third kappa shape index (κ3) is 4.29. The van der Waals surface area contributed by atoms with Gasteiger partial charge in [0.05, 0.1) is 12.6 Å². The van der Waals surface area contributed by atoms with Crippen LogP contribution in [0.3, 0.4) is 0 Å². The molecule has 98 valence electrons. The van der Waals surface area contributed by atoms with Gasteiger partial charge in [-0.3, -0.25) is 0 Å². The summed E-state index contributed by atoms with van der Waals surface area (Å²) >= 11 is 0. The van der Waals surface area contributed by atoms with Gasteiger partial charge in [0.1, 0.15) is 0 Å². The fourth-order valence-electron chi connectivity index (χ4n) is 1.14. The van der Waals surface area contributed by atoms with Crippen LogP contribution in [-0.2, 0) is 0 Å². The van der Waals surface area contributed by atoms with Crippen molar-refractivity contribution in [2.45, 2.75) is 12.4 Å². The van der Waals surface area contributed by atoms with Gasteiger partial charge in [0.15, 0.2) is 11.5 Å². The fourth-order valence-corrected chi connectivity index (χ4v) is 1.14. The summed E-state index contributed by atoms with van der Waals surface area (Å²) in [6, 6.07) is 2.54. The van der Waals surface area contributed by atoms with E-state index in [0.29, 0.717) is 0 Å². The molecule has 0 aromatic heterocycles. The number of aliphatic hydroxyl groups excluding tert-OH is 1. The molecule has 0 heterocycles. The molecule has 1 aromatic rings. The van der Waals surface area contributed by atoms with Crippen LogP contribution in [0.15, 0.2) is 18.2 Å². The third-order valence-corrected chi connectivity index (χ3v) is 1.85. The van der Waals surface area contributed by atoms with Gasteiger partial charge in [-0.15, -0.1) is 25.6 Å². The van der Waals surface area contributed by atoms with Crippen molar-refractivity contribution in [1.82, 2.24) is 0 Å². The van der Waals surface area contributed by atoms with Crippen molar-refractivity contribution in [1.29, 1.82) is 0 Å². The van der Waals surface area contributed by atoms with Crippen LogP contribution in [0.4, 0.5) is 13.2 Å². The van der Waals surface area contributed by atoms with Gasteiger partial charge in [0, 0.05) is 5.56 Å². The molecule has 1 rings (SSSR count). The Balaban J connectivity index is 0.00000256. The van der Waals surface area contributed by atoms with Crippen molar-refractivity contribution in [3.8, 4) is 11.5 Å². The molecule has 1 aromatic carbocycles. The molecule has 0 saturated heterocycles. The van der Waals surface area contributed by atoms with Gasteiger partial charge in [0.2, 0.25) is 0 Å². The summed E-state index contributed by atoms with van der Waals surface area (Å²) in [5.41, 5.74) is 5.37. The van der Waals surface area contributed by atoms with E-state index in [1.54, 1.807) is 0 Å². The number of hydrogen-bond donors (Lipinski definition) is 3. The van der Waals surface area contributed by atoms with Gasteiger partial charge < -0.3 is 20.7 Å². The van der Waals surface area contributed by atoms with E-state index >= 15 is 0 Å². The van der Waals surface area contributed by atoms with E-state index in [4.69, 9.17) is 10.8 Å². The molecule has 0 bridgehead atoms. The average Bonchev–Trinajstić information content (AvgIpc) is 2.18. The Labute approximate surface area is 101 Å². The molecule has 0 aliphatic rings. The molecular formula is C9H11ClF3NO3. The second kappa shape index (κ2) is 5.95. The molecule has 4 nitrogen and oxygen atoms in total. The Kier molecular flexibility index (Phi) is 5.53. The second-order valence-electron chi connectivity index (χ2n) is 3.03. The highest BCUT2D eigenvalue weighted by Crippen LogP contribution is 2.35. The monoisotopic (exact) mass is 273 g/mol. The zero-order chi connectivity index (χ0) is 12.3. The molecule has 4 N–H and O–H groups in total. The summed E-state index contributed by atoms with van der Waals surface area (Å²) in [6.07, 6.45) is -4.89. The lowest BCUT2D eigenvalue weighted by Gasteiger charge is -2.15.